The highest BCUT2D eigenvalue weighted by Crippen LogP contribution is 2.13. The molecule has 0 aliphatic carbocycles. The van der Waals surface area contributed by atoms with E-state index < -0.39 is 24.0 Å². The van der Waals surface area contributed by atoms with E-state index in [0.717, 1.165) is 0 Å². The molecule has 2 fully saturated rings. The molecule has 4 N–H and O–H groups in total. The molecule has 2 rings (SSSR count). The van der Waals surface area contributed by atoms with Crippen LogP contribution in [0.1, 0.15) is 6.42 Å². The predicted octanol–water partition coefficient (Wildman–Crippen LogP) is -1.73. The molecule has 3 atom stereocenters. The molecule has 0 spiro atoms. The molecule has 2 saturated heterocycles. The largest absolute Gasteiger partial charge is 0.481 e. The van der Waals surface area contributed by atoms with Gasteiger partial charge < -0.3 is 25.8 Å². The smallest absolute Gasteiger partial charge is 0.315 e. The van der Waals surface area contributed by atoms with Gasteiger partial charge in [-0.2, -0.15) is 0 Å². The van der Waals surface area contributed by atoms with Gasteiger partial charge in [-0.05, 0) is 0 Å². The van der Waals surface area contributed by atoms with Crippen LogP contribution in [0.3, 0.4) is 0 Å². The molecule has 0 aromatic carbocycles. The van der Waals surface area contributed by atoms with Crippen molar-refractivity contribution in [3.63, 3.8) is 0 Å². The summed E-state index contributed by atoms with van der Waals surface area (Å²) in [4.78, 5) is 33.4. The van der Waals surface area contributed by atoms with E-state index in [2.05, 4.69) is 16.0 Å². The van der Waals surface area contributed by atoms with E-state index in [1.54, 1.807) is 0 Å². The maximum absolute atomic E-state index is 11.6. The fourth-order valence-corrected chi connectivity index (χ4v) is 2.04. The SMILES string of the molecule is O=C1CC(NC(=O)NC2COCC2C(=O)O)CN1. The molecule has 0 bridgehead atoms. The zero-order valence-corrected chi connectivity index (χ0v) is 9.64. The lowest BCUT2D eigenvalue weighted by Crippen LogP contribution is -2.50. The van der Waals surface area contributed by atoms with Crippen molar-refractivity contribution in [1.29, 1.82) is 0 Å². The van der Waals surface area contributed by atoms with Gasteiger partial charge in [-0.1, -0.05) is 0 Å². The molecule has 2 heterocycles. The molecular formula is C10H15N3O5. The van der Waals surface area contributed by atoms with Crippen molar-refractivity contribution in [1.82, 2.24) is 16.0 Å². The first-order chi connectivity index (χ1) is 8.56. The number of nitrogens with one attached hydrogen (secondary N) is 3. The Bertz CT molecular complexity index is 373. The lowest BCUT2D eigenvalue weighted by molar-refractivity contribution is -0.142. The van der Waals surface area contributed by atoms with Crippen LogP contribution < -0.4 is 16.0 Å². The van der Waals surface area contributed by atoms with Gasteiger partial charge in [0.15, 0.2) is 0 Å². The van der Waals surface area contributed by atoms with Crippen molar-refractivity contribution >= 4 is 17.9 Å². The lowest BCUT2D eigenvalue weighted by atomic mass is 10.0. The third-order valence-corrected chi connectivity index (χ3v) is 3.03. The monoisotopic (exact) mass is 257 g/mol. The summed E-state index contributed by atoms with van der Waals surface area (Å²) in [6.45, 7) is 0.686. The quantitative estimate of drug-likeness (QED) is 0.479. The number of carbonyl (C=O) groups excluding carboxylic acids is 2. The molecular weight excluding hydrogens is 242 g/mol. The number of hydrogen-bond donors (Lipinski definition) is 4. The molecule has 2 aliphatic heterocycles. The van der Waals surface area contributed by atoms with Crippen LogP contribution in [0.25, 0.3) is 0 Å². The van der Waals surface area contributed by atoms with Gasteiger partial charge in [0.1, 0.15) is 5.92 Å². The topological polar surface area (TPSA) is 117 Å². The number of rotatable bonds is 3. The minimum absolute atomic E-state index is 0.101. The zero-order valence-electron chi connectivity index (χ0n) is 9.64. The number of carboxylic acid groups (broad SMARTS) is 1. The highest BCUT2D eigenvalue weighted by atomic mass is 16.5. The van der Waals surface area contributed by atoms with E-state index in [1.165, 1.54) is 0 Å². The molecule has 2 aliphatic rings. The molecule has 0 radical (unpaired) electrons. The number of hydrogen-bond acceptors (Lipinski definition) is 4. The van der Waals surface area contributed by atoms with E-state index in [9.17, 15) is 14.4 Å². The average Bonchev–Trinajstić information content (AvgIpc) is 2.87. The normalized spacial score (nSPS) is 30.9. The van der Waals surface area contributed by atoms with Gasteiger partial charge in [0, 0.05) is 13.0 Å². The molecule has 0 aromatic heterocycles. The Kier molecular flexibility index (Phi) is 3.66. The lowest BCUT2D eigenvalue weighted by Gasteiger charge is -2.18. The Labute approximate surface area is 103 Å². The number of urea groups is 1. The number of ether oxygens (including phenoxy) is 1. The van der Waals surface area contributed by atoms with Crippen molar-refractivity contribution in [2.75, 3.05) is 19.8 Å². The minimum atomic E-state index is -0.990. The van der Waals surface area contributed by atoms with Gasteiger partial charge in [0.25, 0.3) is 0 Å². The Morgan fingerprint density at radius 2 is 2.11 bits per heavy atom. The van der Waals surface area contributed by atoms with Gasteiger partial charge in [-0.3, -0.25) is 9.59 Å². The predicted molar refractivity (Wildman–Crippen MR) is 58.8 cm³/mol. The highest BCUT2D eigenvalue weighted by molar-refractivity contribution is 5.82. The van der Waals surface area contributed by atoms with Crippen LogP contribution in [0.5, 0.6) is 0 Å². The van der Waals surface area contributed by atoms with Crippen molar-refractivity contribution in [3.8, 4) is 0 Å². The van der Waals surface area contributed by atoms with Gasteiger partial charge >= 0.3 is 12.0 Å². The van der Waals surface area contributed by atoms with Crippen LogP contribution >= 0.6 is 0 Å². The summed E-state index contributed by atoms with van der Waals surface area (Å²) in [7, 11) is 0. The maximum Gasteiger partial charge on any atom is 0.315 e. The molecule has 0 saturated carbocycles. The summed E-state index contributed by atoms with van der Waals surface area (Å²) >= 11 is 0. The van der Waals surface area contributed by atoms with Crippen LogP contribution in [0.15, 0.2) is 0 Å². The summed E-state index contributed by atoms with van der Waals surface area (Å²) in [5.74, 6) is -1.82. The van der Waals surface area contributed by atoms with Gasteiger partial charge in [-0.25, -0.2) is 4.79 Å². The Balaban J connectivity index is 1.80. The van der Waals surface area contributed by atoms with Gasteiger partial charge in [0.2, 0.25) is 5.91 Å². The Hall–Kier alpha value is -1.83. The summed E-state index contributed by atoms with van der Waals surface area (Å²) in [6.07, 6.45) is 0.247. The van der Waals surface area contributed by atoms with E-state index >= 15 is 0 Å². The first kappa shape index (κ1) is 12.6. The van der Waals surface area contributed by atoms with E-state index in [-0.39, 0.29) is 31.6 Å². The van der Waals surface area contributed by atoms with Gasteiger partial charge in [-0.15, -0.1) is 0 Å². The molecule has 0 aromatic rings. The summed E-state index contributed by atoms with van der Waals surface area (Å²) in [5.41, 5.74) is 0. The second-order valence-corrected chi connectivity index (χ2v) is 4.41. The highest BCUT2D eigenvalue weighted by Gasteiger charge is 2.35. The van der Waals surface area contributed by atoms with Crippen molar-refractivity contribution < 1.29 is 24.2 Å². The first-order valence-electron chi connectivity index (χ1n) is 5.70. The number of carboxylic acids is 1. The number of amides is 3. The molecule has 8 heteroatoms. The molecule has 18 heavy (non-hydrogen) atoms. The Morgan fingerprint density at radius 3 is 2.72 bits per heavy atom. The third kappa shape index (κ3) is 2.89. The van der Waals surface area contributed by atoms with E-state index in [4.69, 9.17) is 9.84 Å². The second-order valence-electron chi connectivity index (χ2n) is 4.41. The van der Waals surface area contributed by atoms with Gasteiger partial charge in [0.05, 0.1) is 25.3 Å². The minimum Gasteiger partial charge on any atom is -0.481 e. The van der Waals surface area contributed by atoms with Crippen LogP contribution in [-0.2, 0) is 14.3 Å². The van der Waals surface area contributed by atoms with Crippen LogP contribution in [0, 0.1) is 5.92 Å². The van der Waals surface area contributed by atoms with Crippen LogP contribution in [0.2, 0.25) is 0 Å². The summed E-state index contributed by atoms with van der Waals surface area (Å²) in [6, 6.07) is -1.26. The maximum atomic E-state index is 11.6. The first-order valence-corrected chi connectivity index (χ1v) is 5.70. The molecule has 3 amide bonds. The van der Waals surface area contributed by atoms with E-state index in [0.29, 0.717) is 6.54 Å². The van der Waals surface area contributed by atoms with Crippen molar-refractivity contribution in [2.45, 2.75) is 18.5 Å². The number of aliphatic carboxylic acids is 1. The fourth-order valence-electron chi connectivity index (χ4n) is 2.04. The number of carbonyl (C=O) groups is 3. The Morgan fingerprint density at radius 1 is 1.33 bits per heavy atom. The van der Waals surface area contributed by atoms with Crippen LogP contribution in [-0.4, -0.2) is 54.9 Å². The van der Waals surface area contributed by atoms with E-state index in [1.807, 2.05) is 0 Å². The molecule has 8 nitrogen and oxygen atoms in total. The fraction of sp³-hybridized carbons (Fsp3) is 0.700. The summed E-state index contributed by atoms with van der Waals surface area (Å²) < 4.78 is 5.03. The molecule has 3 unspecified atom stereocenters. The standard InChI is InChI=1S/C10H15N3O5/c14-8-1-5(2-11-8)12-10(17)13-7-4-18-3-6(7)9(15)16/h5-7H,1-4H2,(H,11,14)(H,15,16)(H2,12,13,17). The summed E-state index contributed by atoms with van der Waals surface area (Å²) in [5, 5.41) is 16.7. The zero-order chi connectivity index (χ0) is 13.1. The average molecular weight is 257 g/mol. The van der Waals surface area contributed by atoms with Crippen molar-refractivity contribution in [2.24, 2.45) is 5.92 Å². The molecule has 100 valence electrons. The third-order valence-electron chi connectivity index (χ3n) is 3.03. The van der Waals surface area contributed by atoms with Crippen molar-refractivity contribution in [3.05, 3.63) is 0 Å². The second kappa shape index (κ2) is 5.21. The van der Waals surface area contributed by atoms with Crippen LogP contribution in [0.4, 0.5) is 4.79 Å².